The highest BCUT2D eigenvalue weighted by molar-refractivity contribution is 6.35. The molecular formula is C18H14Cl2N2O2. The quantitative estimate of drug-likeness (QED) is 0.697. The maximum absolute atomic E-state index is 12.1. The predicted octanol–water partition coefficient (Wildman–Crippen LogP) is 4.27. The maximum Gasteiger partial charge on any atom is 0.267 e. The lowest BCUT2D eigenvalue weighted by Gasteiger charge is -2.10. The summed E-state index contributed by atoms with van der Waals surface area (Å²) in [7, 11) is 1.61. The molecule has 0 fully saturated rings. The summed E-state index contributed by atoms with van der Waals surface area (Å²) in [5, 5.41) is 5.43. The molecule has 1 heterocycles. The van der Waals surface area contributed by atoms with Crippen LogP contribution in [0.2, 0.25) is 10.0 Å². The van der Waals surface area contributed by atoms with Crippen LogP contribution in [0.3, 0.4) is 0 Å². The fourth-order valence-corrected chi connectivity index (χ4v) is 2.83. The first kappa shape index (κ1) is 16.6. The van der Waals surface area contributed by atoms with Crippen LogP contribution in [0.4, 0.5) is 0 Å². The Hall–Kier alpha value is -2.30. The number of halogens is 2. The Bertz CT molecular complexity index is 901. The molecule has 0 unspecified atom stereocenters. The molecule has 6 heteroatoms. The first-order valence-corrected chi connectivity index (χ1v) is 7.99. The van der Waals surface area contributed by atoms with E-state index in [0.717, 1.165) is 11.3 Å². The van der Waals surface area contributed by atoms with E-state index in [1.165, 1.54) is 10.7 Å². The highest BCUT2D eigenvalue weighted by Crippen LogP contribution is 2.25. The zero-order chi connectivity index (χ0) is 17.1. The Labute approximate surface area is 149 Å². The summed E-state index contributed by atoms with van der Waals surface area (Å²) in [6.07, 6.45) is 0. The molecule has 3 aromatic rings. The molecule has 0 amide bonds. The summed E-state index contributed by atoms with van der Waals surface area (Å²) in [5.74, 6) is 0.759. The van der Waals surface area contributed by atoms with Crippen molar-refractivity contribution < 1.29 is 4.74 Å². The molecule has 0 aliphatic carbocycles. The maximum atomic E-state index is 12.1. The van der Waals surface area contributed by atoms with Crippen LogP contribution in [0.5, 0.6) is 5.75 Å². The van der Waals surface area contributed by atoms with Crippen molar-refractivity contribution in [2.75, 3.05) is 7.11 Å². The van der Waals surface area contributed by atoms with Crippen molar-refractivity contribution in [2.24, 2.45) is 0 Å². The lowest BCUT2D eigenvalue weighted by atomic mass is 10.1. The van der Waals surface area contributed by atoms with Crippen LogP contribution in [-0.2, 0) is 6.54 Å². The van der Waals surface area contributed by atoms with E-state index in [1.54, 1.807) is 31.4 Å². The van der Waals surface area contributed by atoms with Crippen molar-refractivity contribution in [3.63, 3.8) is 0 Å². The number of hydrogen-bond donors (Lipinski definition) is 0. The molecule has 4 nitrogen and oxygen atoms in total. The summed E-state index contributed by atoms with van der Waals surface area (Å²) < 4.78 is 6.50. The van der Waals surface area contributed by atoms with E-state index in [4.69, 9.17) is 27.9 Å². The van der Waals surface area contributed by atoms with E-state index in [1.807, 2.05) is 24.3 Å². The van der Waals surface area contributed by atoms with Gasteiger partial charge < -0.3 is 4.74 Å². The molecule has 1 aromatic heterocycles. The largest absolute Gasteiger partial charge is 0.497 e. The third kappa shape index (κ3) is 3.45. The van der Waals surface area contributed by atoms with Crippen molar-refractivity contribution in [1.29, 1.82) is 0 Å². The van der Waals surface area contributed by atoms with E-state index in [2.05, 4.69) is 5.10 Å². The van der Waals surface area contributed by atoms with Gasteiger partial charge in [0.25, 0.3) is 5.56 Å². The minimum atomic E-state index is -0.219. The van der Waals surface area contributed by atoms with Gasteiger partial charge in [0, 0.05) is 27.2 Å². The SMILES string of the molecule is COc1ccc(-c2ccc(=O)n(Cc3c(Cl)cccc3Cl)n2)cc1. The second kappa shape index (κ2) is 7.07. The van der Waals surface area contributed by atoms with Crippen LogP contribution in [0.15, 0.2) is 59.4 Å². The number of rotatable bonds is 4. The molecule has 0 radical (unpaired) electrons. The number of aromatic nitrogens is 2. The Morgan fingerprint density at radius 3 is 2.29 bits per heavy atom. The molecule has 24 heavy (non-hydrogen) atoms. The first-order valence-electron chi connectivity index (χ1n) is 7.24. The standard InChI is InChI=1S/C18H14Cl2N2O2/c1-24-13-7-5-12(6-8-13)17-9-10-18(23)22(21-17)11-14-15(19)3-2-4-16(14)20/h2-10H,11H2,1H3. The number of methoxy groups -OCH3 is 1. The van der Waals surface area contributed by atoms with Gasteiger partial charge in [0.05, 0.1) is 19.3 Å². The Balaban J connectivity index is 1.98. The van der Waals surface area contributed by atoms with Crippen LogP contribution < -0.4 is 10.3 Å². The van der Waals surface area contributed by atoms with Crippen molar-refractivity contribution in [1.82, 2.24) is 9.78 Å². The highest BCUT2D eigenvalue weighted by atomic mass is 35.5. The minimum absolute atomic E-state index is 0.210. The second-order valence-corrected chi connectivity index (χ2v) is 5.96. The number of benzene rings is 2. The smallest absolute Gasteiger partial charge is 0.267 e. The van der Waals surface area contributed by atoms with E-state index in [-0.39, 0.29) is 12.1 Å². The van der Waals surface area contributed by atoms with Crippen LogP contribution in [0.1, 0.15) is 5.56 Å². The van der Waals surface area contributed by atoms with Gasteiger partial charge >= 0.3 is 0 Å². The van der Waals surface area contributed by atoms with Gasteiger partial charge in [-0.3, -0.25) is 4.79 Å². The lowest BCUT2D eigenvalue weighted by molar-refractivity contribution is 0.415. The second-order valence-electron chi connectivity index (χ2n) is 5.14. The van der Waals surface area contributed by atoms with Gasteiger partial charge in [-0.15, -0.1) is 0 Å². The molecule has 0 saturated heterocycles. The van der Waals surface area contributed by atoms with Gasteiger partial charge in [-0.05, 0) is 42.5 Å². The van der Waals surface area contributed by atoms with Crippen molar-refractivity contribution >= 4 is 23.2 Å². The molecule has 122 valence electrons. The van der Waals surface area contributed by atoms with E-state index in [0.29, 0.717) is 21.3 Å². The van der Waals surface area contributed by atoms with Gasteiger partial charge in [-0.2, -0.15) is 5.10 Å². The summed E-state index contributed by atoms with van der Waals surface area (Å²) in [6, 6.07) is 15.9. The fraction of sp³-hybridized carbons (Fsp3) is 0.111. The molecule has 0 spiro atoms. The predicted molar refractivity (Wildman–Crippen MR) is 96.0 cm³/mol. The van der Waals surface area contributed by atoms with Gasteiger partial charge in [0.1, 0.15) is 5.75 Å². The number of ether oxygens (including phenoxy) is 1. The molecule has 0 atom stereocenters. The molecule has 2 aromatic carbocycles. The third-order valence-electron chi connectivity index (χ3n) is 3.62. The monoisotopic (exact) mass is 360 g/mol. The van der Waals surface area contributed by atoms with Gasteiger partial charge in [0.15, 0.2) is 0 Å². The van der Waals surface area contributed by atoms with Gasteiger partial charge in [0.2, 0.25) is 0 Å². The van der Waals surface area contributed by atoms with E-state index in [9.17, 15) is 4.79 Å². The number of hydrogen-bond acceptors (Lipinski definition) is 3. The van der Waals surface area contributed by atoms with Gasteiger partial charge in [-0.25, -0.2) is 4.68 Å². The molecule has 0 N–H and O–H groups in total. The zero-order valence-electron chi connectivity index (χ0n) is 12.9. The van der Waals surface area contributed by atoms with Crippen molar-refractivity contribution in [3.8, 4) is 17.0 Å². The summed E-state index contributed by atoms with van der Waals surface area (Å²) >= 11 is 12.4. The molecule has 3 rings (SSSR count). The third-order valence-corrected chi connectivity index (χ3v) is 4.33. The Morgan fingerprint density at radius 2 is 1.67 bits per heavy atom. The van der Waals surface area contributed by atoms with E-state index >= 15 is 0 Å². The molecule has 0 aliphatic rings. The number of nitrogens with zero attached hydrogens (tertiary/aromatic N) is 2. The average Bonchev–Trinajstić information content (AvgIpc) is 2.60. The molecular weight excluding hydrogens is 347 g/mol. The van der Waals surface area contributed by atoms with Crippen molar-refractivity contribution in [2.45, 2.75) is 6.54 Å². The molecule has 0 aliphatic heterocycles. The highest BCUT2D eigenvalue weighted by Gasteiger charge is 2.09. The van der Waals surface area contributed by atoms with Crippen LogP contribution in [-0.4, -0.2) is 16.9 Å². The summed E-state index contributed by atoms with van der Waals surface area (Å²) in [6.45, 7) is 0.210. The Morgan fingerprint density at radius 1 is 1.00 bits per heavy atom. The summed E-state index contributed by atoms with van der Waals surface area (Å²) in [4.78, 5) is 12.1. The zero-order valence-corrected chi connectivity index (χ0v) is 14.4. The summed E-state index contributed by atoms with van der Waals surface area (Å²) in [5.41, 5.74) is 2.01. The topological polar surface area (TPSA) is 44.1 Å². The van der Waals surface area contributed by atoms with E-state index < -0.39 is 0 Å². The normalized spacial score (nSPS) is 10.6. The molecule has 0 bridgehead atoms. The van der Waals surface area contributed by atoms with Crippen LogP contribution in [0.25, 0.3) is 11.3 Å². The average molecular weight is 361 g/mol. The Kier molecular flexibility index (Phi) is 4.88. The van der Waals surface area contributed by atoms with Gasteiger partial charge in [-0.1, -0.05) is 29.3 Å². The van der Waals surface area contributed by atoms with Crippen LogP contribution in [0, 0.1) is 0 Å². The van der Waals surface area contributed by atoms with Crippen LogP contribution >= 0.6 is 23.2 Å². The lowest BCUT2D eigenvalue weighted by Crippen LogP contribution is -2.23. The molecule has 0 saturated carbocycles. The first-order chi connectivity index (χ1) is 11.6. The fourth-order valence-electron chi connectivity index (χ4n) is 2.31. The van der Waals surface area contributed by atoms with Crippen molar-refractivity contribution in [3.05, 3.63) is 80.6 Å². The minimum Gasteiger partial charge on any atom is -0.497 e.